The summed E-state index contributed by atoms with van der Waals surface area (Å²) in [6, 6.07) is 0.965. The third-order valence-electron chi connectivity index (χ3n) is 5.54. The van der Waals surface area contributed by atoms with Gasteiger partial charge in [0.05, 0.1) is 12.7 Å². The summed E-state index contributed by atoms with van der Waals surface area (Å²) in [4.78, 5) is 47.3. The third kappa shape index (κ3) is 4.62. The molecule has 174 valence electrons. The average Bonchev–Trinajstić information content (AvgIpc) is 3.02. The van der Waals surface area contributed by atoms with Crippen molar-refractivity contribution in [2.45, 2.75) is 50.2 Å². The molecule has 3 amide bonds. The highest BCUT2D eigenvalue weighted by Crippen LogP contribution is 2.44. The highest BCUT2D eigenvalue weighted by Gasteiger charge is 2.56. The van der Waals surface area contributed by atoms with Gasteiger partial charge in [-0.1, -0.05) is 19.6 Å². The van der Waals surface area contributed by atoms with Crippen LogP contribution in [0.15, 0.2) is 6.20 Å². The number of ether oxygens (including phenoxy) is 4. The lowest BCUT2D eigenvalue weighted by molar-refractivity contribution is -0.122. The van der Waals surface area contributed by atoms with Crippen LogP contribution < -0.4 is 20.3 Å². The fourth-order valence-electron chi connectivity index (χ4n) is 3.79. The Balaban J connectivity index is 1.45. The van der Waals surface area contributed by atoms with Crippen LogP contribution in [-0.2, 0) is 19.0 Å². The molecular weight excluding hydrogens is 438 g/mol. The van der Waals surface area contributed by atoms with E-state index in [1.54, 1.807) is 0 Å². The quantitative estimate of drug-likeness (QED) is 0.467. The van der Waals surface area contributed by atoms with E-state index in [0.29, 0.717) is 19.4 Å². The molecule has 0 radical (unpaired) electrons. The molecular formula is C19H27N5O7Si. The first-order valence-electron chi connectivity index (χ1n) is 10.4. The molecule has 4 rings (SSSR count). The van der Waals surface area contributed by atoms with Gasteiger partial charge in [-0.3, -0.25) is 14.6 Å². The standard InChI is InChI=1S/C19H27N5O7Si/c1-32(2,3)5-4-28-11-24-14(25)9-29-16-15(24)22-13(8-21-16)23-10-19(31-18(23)27)6-12(7-19)30-17(20)26/h8,12H,4-7,9-11H2,1-3H3,(H2,20,26). The SMILES string of the molecule is C[Si](C)(C)CCOCN1C(=O)COc2ncc(N3CC4(CC(OC(N)=O)C4)OC3=O)nc21. The first-order valence-corrected chi connectivity index (χ1v) is 14.1. The Morgan fingerprint density at radius 1 is 1.34 bits per heavy atom. The molecule has 0 unspecified atom stereocenters. The molecule has 1 saturated carbocycles. The summed E-state index contributed by atoms with van der Waals surface area (Å²) in [5, 5.41) is 0. The molecule has 1 aromatic heterocycles. The lowest BCUT2D eigenvalue weighted by Crippen LogP contribution is -2.52. The van der Waals surface area contributed by atoms with Crippen molar-refractivity contribution in [3.63, 3.8) is 0 Å². The van der Waals surface area contributed by atoms with E-state index in [9.17, 15) is 14.4 Å². The van der Waals surface area contributed by atoms with Crippen molar-refractivity contribution in [2.24, 2.45) is 5.73 Å². The maximum Gasteiger partial charge on any atom is 0.416 e. The van der Waals surface area contributed by atoms with Crippen molar-refractivity contribution in [1.82, 2.24) is 9.97 Å². The second kappa shape index (κ2) is 8.20. The van der Waals surface area contributed by atoms with E-state index in [2.05, 4.69) is 29.6 Å². The van der Waals surface area contributed by atoms with Gasteiger partial charge in [-0.05, 0) is 6.04 Å². The molecule has 1 aromatic rings. The normalized spacial score (nSPS) is 24.7. The van der Waals surface area contributed by atoms with Crippen molar-refractivity contribution < 1.29 is 33.3 Å². The largest absolute Gasteiger partial charge is 0.465 e. The van der Waals surface area contributed by atoms with Gasteiger partial charge in [0, 0.05) is 27.5 Å². The van der Waals surface area contributed by atoms with Crippen molar-refractivity contribution in [2.75, 3.05) is 36.3 Å². The number of amides is 3. The molecule has 1 spiro atoms. The smallest absolute Gasteiger partial charge is 0.416 e. The highest BCUT2D eigenvalue weighted by atomic mass is 28.3. The van der Waals surface area contributed by atoms with Gasteiger partial charge in [0.1, 0.15) is 18.4 Å². The summed E-state index contributed by atoms with van der Waals surface area (Å²) in [5.74, 6) is 0.324. The minimum absolute atomic E-state index is 0.0261. The Bertz CT molecular complexity index is 931. The zero-order valence-corrected chi connectivity index (χ0v) is 19.3. The summed E-state index contributed by atoms with van der Waals surface area (Å²) < 4.78 is 21.6. The Morgan fingerprint density at radius 3 is 2.78 bits per heavy atom. The fourth-order valence-corrected chi connectivity index (χ4v) is 4.55. The van der Waals surface area contributed by atoms with Crippen LogP contribution >= 0.6 is 0 Å². The summed E-state index contributed by atoms with van der Waals surface area (Å²) >= 11 is 0. The maximum atomic E-state index is 12.5. The number of carbonyl (C=O) groups excluding carboxylic acids is 3. The van der Waals surface area contributed by atoms with Gasteiger partial charge in [-0.25, -0.2) is 19.6 Å². The first kappa shape index (κ1) is 22.3. The molecule has 2 fully saturated rings. The van der Waals surface area contributed by atoms with Crippen LogP contribution in [0.4, 0.5) is 21.2 Å². The lowest BCUT2D eigenvalue weighted by Gasteiger charge is -2.41. The van der Waals surface area contributed by atoms with Crippen LogP contribution in [0.1, 0.15) is 12.8 Å². The van der Waals surface area contributed by atoms with Crippen LogP contribution in [0, 0.1) is 0 Å². The average molecular weight is 466 g/mol. The molecule has 3 heterocycles. The van der Waals surface area contributed by atoms with Crippen molar-refractivity contribution in [3.8, 4) is 5.88 Å². The molecule has 13 heteroatoms. The molecule has 2 N–H and O–H groups in total. The Labute approximate surface area is 186 Å². The van der Waals surface area contributed by atoms with Crippen molar-refractivity contribution in [1.29, 1.82) is 0 Å². The molecule has 12 nitrogen and oxygen atoms in total. The number of rotatable bonds is 7. The maximum absolute atomic E-state index is 12.5. The predicted octanol–water partition coefficient (Wildman–Crippen LogP) is 1.47. The van der Waals surface area contributed by atoms with E-state index >= 15 is 0 Å². The fraction of sp³-hybridized carbons (Fsp3) is 0.632. The zero-order valence-electron chi connectivity index (χ0n) is 18.3. The molecule has 2 aliphatic heterocycles. The van der Waals surface area contributed by atoms with Gasteiger partial charge < -0.3 is 24.7 Å². The Hall–Kier alpha value is -2.93. The Morgan fingerprint density at radius 2 is 2.09 bits per heavy atom. The minimum Gasteiger partial charge on any atom is -0.465 e. The van der Waals surface area contributed by atoms with E-state index in [1.165, 1.54) is 16.0 Å². The zero-order chi connectivity index (χ0) is 23.1. The molecule has 0 atom stereocenters. The van der Waals surface area contributed by atoms with Crippen molar-refractivity contribution >= 4 is 37.8 Å². The van der Waals surface area contributed by atoms with Gasteiger partial charge in [-0.2, -0.15) is 0 Å². The predicted molar refractivity (Wildman–Crippen MR) is 114 cm³/mol. The number of hydrogen-bond donors (Lipinski definition) is 1. The molecule has 3 aliphatic rings. The van der Waals surface area contributed by atoms with Gasteiger partial charge >= 0.3 is 12.2 Å². The number of aromatic nitrogens is 2. The van der Waals surface area contributed by atoms with E-state index in [-0.39, 0.29) is 49.4 Å². The topological polar surface area (TPSA) is 146 Å². The minimum atomic E-state index is -1.27. The summed E-state index contributed by atoms with van der Waals surface area (Å²) in [6.45, 7) is 7.37. The van der Waals surface area contributed by atoms with E-state index in [4.69, 9.17) is 24.7 Å². The monoisotopic (exact) mass is 465 g/mol. The number of nitrogens with zero attached hydrogens (tertiary/aromatic N) is 4. The first-order chi connectivity index (χ1) is 15.1. The van der Waals surface area contributed by atoms with E-state index in [0.717, 1.165) is 6.04 Å². The second-order valence-corrected chi connectivity index (χ2v) is 15.0. The second-order valence-electron chi connectivity index (χ2n) is 9.42. The molecule has 32 heavy (non-hydrogen) atoms. The van der Waals surface area contributed by atoms with Gasteiger partial charge in [0.25, 0.3) is 11.8 Å². The number of primary amides is 1. The third-order valence-corrected chi connectivity index (χ3v) is 7.25. The molecule has 0 aromatic carbocycles. The van der Waals surface area contributed by atoms with Crippen LogP contribution in [-0.4, -0.2) is 74.3 Å². The molecule has 0 bridgehead atoms. The Kier molecular flexibility index (Phi) is 5.71. The van der Waals surface area contributed by atoms with E-state index < -0.39 is 25.9 Å². The van der Waals surface area contributed by atoms with Crippen LogP contribution in [0.5, 0.6) is 5.88 Å². The number of hydrogen-bond acceptors (Lipinski definition) is 9. The summed E-state index contributed by atoms with van der Waals surface area (Å²) in [6.07, 6.45) is 0.283. The van der Waals surface area contributed by atoms with E-state index in [1.807, 2.05) is 0 Å². The van der Waals surface area contributed by atoms with Gasteiger partial charge in [0.2, 0.25) is 5.82 Å². The summed E-state index contributed by atoms with van der Waals surface area (Å²) in [7, 11) is -1.27. The number of carbonyl (C=O) groups is 3. The van der Waals surface area contributed by atoms with Gasteiger partial charge in [-0.15, -0.1) is 0 Å². The summed E-state index contributed by atoms with van der Waals surface area (Å²) in [5.41, 5.74) is 4.28. The highest BCUT2D eigenvalue weighted by molar-refractivity contribution is 6.76. The van der Waals surface area contributed by atoms with Crippen molar-refractivity contribution in [3.05, 3.63) is 6.20 Å². The number of fused-ring (bicyclic) bond motifs is 1. The number of nitrogens with two attached hydrogens (primary N) is 1. The van der Waals surface area contributed by atoms with Gasteiger partial charge in [0.15, 0.2) is 12.4 Å². The van der Waals surface area contributed by atoms with Crippen LogP contribution in [0.25, 0.3) is 0 Å². The number of anilines is 2. The molecule has 1 saturated heterocycles. The lowest BCUT2D eigenvalue weighted by atomic mass is 9.77. The van der Waals surface area contributed by atoms with Crippen LogP contribution in [0.3, 0.4) is 0 Å². The van der Waals surface area contributed by atoms with Crippen LogP contribution in [0.2, 0.25) is 25.7 Å². The molecule has 1 aliphatic carbocycles.